The van der Waals surface area contributed by atoms with Gasteiger partial charge in [-0.15, -0.1) is 11.3 Å². The number of aromatic amines is 1. The van der Waals surface area contributed by atoms with Gasteiger partial charge in [-0.05, 0) is 42.3 Å². The van der Waals surface area contributed by atoms with Gasteiger partial charge in [0.15, 0.2) is 5.82 Å². The third-order valence-electron chi connectivity index (χ3n) is 4.14. The summed E-state index contributed by atoms with van der Waals surface area (Å²) in [5.41, 5.74) is 1.70. The van der Waals surface area contributed by atoms with Gasteiger partial charge in [-0.25, -0.2) is 9.78 Å². The summed E-state index contributed by atoms with van der Waals surface area (Å²) >= 11 is 7.34. The predicted molar refractivity (Wildman–Crippen MR) is 107 cm³/mol. The average Bonchev–Trinajstić information content (AvgIpc) is 2.99. The van der Waals surface area contributed by atoms with Gasteiger partial charge in [-0.1, -0.05) is 23.7 Å². The van der Waals surface area contributed by atoms with E-state index in [2.05, 4.69) is 15.0 Å². The summed E-state index contributed by atoms with van der Waals surface area (Å²) in [5, 5.41) is 10.7. The molecule has 0 unspecified atom stereocenters. The molecular weight excluding hydrogens is 386 g/mol. The molecule has 6 nitrogen and oxygen atoms in total. The number of benzene rings is 1. The van der Waals surface area contributed by atoms with E-state index in [-0.39, 0.29) is 21.1 Å². The number of hydrogen-bond donors (Lipinski definition) is 2. The Labute approximate surface area is 161 Å². The normalized spacial score (nSPS) is 12.0. The van der Waals surface area contributed by atoms with Crippen molar-refractivity contribution >= 4 is 61.1 Å². The number of H-pyrrole nitrogens is 1. The maximum absolute atomic E-state index is 12.4. The Balaban J connectivity index is 1.81. The Hall–Kier alpha value is -3.03. The van der Waals surface area contributed by atoms with Gasteiger partial charge in [0.2, 0.25) is 0 Å². The number of nitrogens with zero attached hydrogens (tertiary/aromatic N) is 2. The number of nitrogens with one attached hydrogen (secondary N) is 1. The van der Waals surface area contributed by atoms with Crippen LogP contribution in [-0.4, -0.2) is 26.0 Å². The van der Waals surface area contributed by atoms with Crippen LogP contribution in [0.5, 0.6) is 0 Å². The molecular formula is C19H12ClN3O3S. The van der Waals surface area contributed by atoms with Gasteiger partial charge in [-0.3, -0.25) is 9.78 Å². The summed E-state index contributed by atoms with van der Waals surface area (Å²) in [6.45, 7) is 1.60. The predicted octanol–water partition coefficient (Wildman–Crippen LogP) is 4.28. The number of fused-ring (bicyclic) bond motifs is 2. The third-order valence-corrected chi connectivity index (χ3v) is 5.60. The van der Waals surface area contributed by atoms with Crippen LogP contribution < -0.4 is 5.56 Å². The molecule has 0 fully saturated rings. The van der Waals surface area contributed by atoms with Gasteiger partial charge in [0, 0.05) is 11.6 Å². The molecule has 0 saturated carbocycles. The van der Waals surface area contributed by atoms with E-state index in [1.54, 1.807) is 19.2 Å². The number of carboxylic acids is 1. The highest BCUT2D eigenvalue weighted by Gasteiger charge is 2.19. The molecule has 0 aliphatic heterocycles. The maximum atomic E-state index is 12.4. The van der Waals surface area contributed by atoms with E-state index in [0.717, 1.165) is 27.8 Å². The Morgan fingerprint density at radius 3 is 2.93 bits per heavy atom. The monoisotopic (exact) mass is 397 g/mol. The van der Waals surface area contributed by atoms with Crippen molar-refractivity contribution in [3.63, 3.8) is 0 Å². The molecule has 0 aliphatic rings. The average molecular weight is 398 g/mol. The van der Waals surface area contributed by atoms with Crippen molar-refractivity contribution in [2.24, 2.45) is 0 Å². The van der Waals surface area contributed by atoms with Gasteiger partial charge >= 0.3 is 5.97 Å². The molecule has 3 heterocycles. The summed E-state index contributed by atoms with van der Waals surface area (Å²) in [7, 11) is 0. The minimum Gasteiger partial charge on any atom is -0.477 e. The standard InChI is InChI=1S/C19H12ClN3O3S/c1-9-14-17(24)22-16(23-18(14)27-15(9)19(25)26)12(20)8-10-4-5-13-11(7-10)3-2-6-21-13/h2-8H,1H3,(H,25,26)(H,22,23,24)/b12-8-. The maximum Gasteiger partial charge on any atom is 0.346 e. The number of rotatable bonds is 3. The molecule has 4 aromatic rings. The molecule has 0 aliphatic carbocycles. The van der Waals surface area contributed by atoms with Crippen molar-refractivity contribution in [1.82, 2.24) is 15.0 Å². The number of carboxylic acid groups (broad SMARTS) is 1. The number of aryl methyl sites for hydroxylation is 1. The smallest absolute Gasteiger partial charge is 0.346 e. The van der Waals surface area contributed by atoms with E-state index in [1.807, 2.05) is 30.3 Å². The molecule has 0 saturated heterocycles. The molecule has 0 bridgehead atoms. The van der Waals surface area contributed by atoms with Crippen LogP contribution in [-0.2, 0) is 0 Å². The molecule has 1 aromatic carbocycles. The van der Waals surface area contributed by atoms with E-state index in [4.69, 9.17) is 11.6 Å². The van der Waals surface area contributed by atoms with Gasteiger partial charge in [0.1, 0.15) is 9.71 Å². The summed E-state index contributed by atoms with van der Waals surface area (Å²) in [5.74, 6) is -0.887. The van der Waals surface area contributed by atoms with E-state index in [0.29, 0.717) is 10.4 Å². The lowest BCUT2D eigenvalue weighted by Crippen LogP contribution is -2.10. The Bertz CT molecular complexity index is 1310. The van der Waals surface area contributed by atoms with Gasteiger partial charge < -0.3 is 10.1 Å². The van der Waals surface area contributed by atoms with E-state index in [9.17, 15) is 14.7 Å². The summed E-state index contributed by atoms with van der Waals surface area (Å²) in [6, 6.07) is 9.48. The first kappa shape index (κ1) is 17.4. The second kappa shape index (κ2) is 6.61. The highest BCUT2D eigenvalue weighted by molar-refractivity contribution is 7.20. The lowest BCUT2D eigenvalue weighted by molar-refractivity contribution is 0.0701. The van der Waals surface area contributed by atoms with Crippen molar-refractivity contribution in [1.29, 1.82) is 0 Å². The van der Waals surface area contributed by atoms with Crippen LogP contribution in [0, 0.1) is 6.92 Å². The Kier molecular flexibility index (Phi) is 4.25. The summed E-state index contributed by atoms with van der Waals surface area (Å²) in [4.78, 5) is 35.4. The van der Waals surface area contributed by atoms with E-state index < -0.39 is 11.5 Å². The SMILES string of the molecule is Cc1c(C(=O)O)sc2nc(/C(Cl)=C/c3ccc4ncccc4c3)[nH]c(=O)c12. The van der Waals surface area contributed by atoms with Crippen LogP contribution in [0.3, 0.4) is 0 Å². The van der Waals surface area contributed by atoms with Gasteiger partial charge in [0.05, 0.1) is 15.9 Å². The minimum atomic E-state index is -1.08. The number of carbonyl (C=O) groups is 1. The summed E-state index contributed by atoms with van der Waals surface area (Å²) < 4.78 is 0. The van der Waals surface area contributed by atoms with Crippen molar-refractivity contribution in [2.45, 2.75) is 6.92 Å². The molecule has 3 aromatic heterocycles. The number of hydrogen-bond acceptors (Lipinski definition) is 5. The lowest BCUT2D eigenvalue weighted by atomic mass is 10.1. The fraction of sp³-hybridized carbons (Fsp3) is 0.0526. The zero-order valence-electron chi connectivity index (χ0n) is 14.0. The minimum absolute atomic E-state index is 0.0993. The molecule has 2 N–H and O–H groups in total. The van der Waals surface area contributed by atoms with Crippen molar-refractivity contribution in [3.05, 3.63) is 68.7 Å². The number of halogens is 1. The first-order valence-corrected chi connectivity index (χ1v) is 9.12. The fourth-order valence-electron chi connectivity index (χ4n) is 2.86. The van der Waals surface area contributed by atoms with Crippen LogP contribution in [0.25, 0.3) is 32.2 Å². The highest BCUT2D eigenvalue weighted by Crippen LogP contribution is 2.29. The second-order valence-corrected chi connectivity index (χ2v) is 7.31. The Morgan fingerprint density at radius 2 is 2.15 bits per heavy atom. The van der Waals surface area contributed by atoms with Crippen molar-refractivity contribution in [2.75, 3.05) is 0 Å². The molecule has 8 heteroatoms. The lowest BCUT2D eigenvalue weighted by Gasteiger charge is -2.02. The second-order valence-electron chi connectivity index (χ2n) is 5.90. The highest BCUT2D eigenvalue weighted by atomic mass is 35.5. The number of aromatic nitrogens is 3. The molecule has 4 rings (SSSR count). The first-order chi connectivity index (χ1) is 12.9. The van der Waals surface area contributed by atoms with E-state index in [1.165, 1.54) is 0 Å². The molecule has 0 amide bonds. The molecule has 0 atom stereocenters. The molecule has 27 heavy (non-hydrogen) atoms. The van der Waals surface area contributed by atoms with Crippen molar-refractivity contribution < 1.29 is 9.90 Å². The quantitative estimate of drug-likeness (QED) is 0.538. The number of aromatic carboxylic acids is 1. The van der Waals surface area contributed by atoms with Gasteiger partial charge in [-0.2, -0.15) is 0 Å². The largest absolute Gasteiger partial charge is 0.477 e. The zero-order valence-corrected chi connectivity index (χ0v) is 15.6. The van der Waals surface area contributed by atoms with Crippen LogP contribution in [0.4, 0.5) is 0 Å². The van der Waals surface area contributed by atoms with Crippen LogP contribution in [0.2, 0.25) is 0 Å². The Morgan fingerprint density at radius 1 is 1.33 bits per heavy atom. The third kappa shape index (κ3) is 3.11. The topological polar surface area (TPSA) is 95.9 Å². The number of thiophene rings is 1. The molecule has 0 spiro atoms. The van der Waals surface area contributed by atoms with Crippen molar-refractivity contribution in [3.8, 4) is 0 Å². The van der Waals surface area contributed by atoms with E-state index >= 15 is 0 Å². The number of pyridine rings is 1. The van der Waals surface area contributed by atoms with Crippen LogP contribution in [0.15, 0.2) is 41.3 Å². The summed E-state index contributed by atoms with van der Waals surface area (Å²) in [6.07, 6.45) is 3.42. The van der Waals surface area contributed by atoms with Crippen LogP contribution >= 0.6 is 22.9 Å². The fourth-order valence-corrected chi connectivity index (χ4v) is 4.10. The van der Waals surface area contributed by atoms with Crippen LogP contribution in [0.1, 0.15) is 26.6 Å². The van der Waals surface area contributed by atoms with Gasteiger partial charge in [0.25, 0.3) is 5.56 Å². The zero-order chi connectivity index (χ0) is 19.1. The molecule has 134 valence electrons. The molecule has 0 radical (unpaired) electrons. The first-order valence-electron chi connectivity index (χ1n) is 7.93.